The fraction of sp³-hybridized carbons (Fsp3) is 1.00. The van der Waals surface area contributed by atoms with Gasteiger partial charge in [-0.3, -0.25) is 0 Å². The summed E-state index contributed by atoms with van der Waals surface area (Å²) >= 11 is 0. The molecule has 0 saturated heterocycles. The summed E-state index contributed by atoms with van der Waals surface area (Å²) in [5.74, 6) is 0.0994. The third-order valence-electron chi connectivity index (χ3n) is 2.77. The van der Waals surface area contributed by atoms with E-state index in [-0.39, 0.29) is 24.5 Å². The summed E-state index contributed by atoms with van der Waals surface area (Å²) in [4.78, 5) is 0. The van der Waals surface area contributed by atoms with Gasteiger partial charge in [-0.1, -0.05) is 0 Å². The van der Waals surface area contributed by atoms with Gasteiger partial charge in [-0.25, -0.2) is 8.42 Å². The minimum absolute atomic E-state index is 0.0994. The third-order valence-corrected chi connectivity index (χ3v) is 5.34. The van der Waals surface area contributed by atoms with Crippen molar-refractivity contribution >= 4 is 9.84 Å². The summed E-state index contributed by atoms with van der Waals surface area (Å²) in [5, 5.41) is 0. The van der Waals surface area contributed by atoms with Crippen molar-refractivity contribution in [1.29, 1.82) is 0 Å². The normalized spacial score (nSPS) is 27.5. The van der Waals surface area contributed by atoms with Crippen LogP contribution in [0.2, 0.25) is 0 Å². The zero-order chi connectivity index (χ0) is 11.7. The van der Waals surface area contributed by atoms with Gasteiger partial charge in [0.2, 0.25) is 0 Å². The molecule has 0 aliphatic heterocycles. The van der Waals surface area contributed by atoms with Crippen LogP contribution in [-0.4, -0.2) is 37.7 Å². The molecular weight excluding hydrogens is 214 g/mol. The van der Waals surface area contributed by atoms with Gasteiger partial charge in [-0.05, 0) is 33.6 Å². The Bertz CT molecular complexity index is 299. The van der Waals surface area contributed by atoms with E-state index in [9.17, 15) is 8.42 Å². The lowest BCUT2D eigenvalue weighted by molar-refractivity contribution is -0.000346. The number of sulfone groups is 1. The Kier molecular flexibility index (Phi) is 3.79. The summed E-state index contributed by atoms with van der Waals surface area (Å²) in [6.07, 6.45) is 1.89. The summed E-state index contributed by atoms with van der Waals surface area (Å²) in [6.45, 7) is 5.42. The van der Waals surface area contributed by atoms with Gasteiger partial charge in [0.15, 0.2) is 9.84 Å². The molecular formula is C10H21NO3S. The van der Waals surface area contributed by atoms with Gasteiger partial charge in [0.05, 0.1) is 23.2 Å². The molecule has 0 aromatic carbocycles. The third kappa shape index (κ3) is 3.43. The molecule has 1 aliphatic carbocycles. The highest BCUT2D eigenvalue weighted by Crippen LogP contribution is 2.22. The van der Waals surface area contributed by atoms with Crippen LogP contribution < -0.4 is 5.73 Å². The summed E-state index contributed by atoms with van der Waals surface area (Å²) in [5.41, 5.74) is 5.60. The molecule has 1 fully saturated rings. The minimum atomic E-state index is -3.05. The second-order valence-electron chi connectivity index (χ2n) is 5.16. The second kappa shape index (κ2) is 4.39. The highest BCUT2D eigenvalue weighted by molar-refractivity contribution is 7.92. The Morgan fingerprint density at radius 2 is 1.87 bits per heavy atom. The molecule has 0 atom stereocenters. The average molecular weight is 235 g/mol. The van der Waals surface area contributed by atoms with E-state index in [4.69, 9.17) is 10.5 Å². The second-order valence-corrected chi connectivity index (χ2v) is 8.02. The predicted octanol–water partition coefficient (Wildman–Crippen LogP) is 0.706. The van der Waals surface area contributed by atoms with Crippen molar-refractivity contribution in [2.24, 2.45) is 5.73 Å². The lowest BCUT2D eigenvalue weighted by Gasteiger charge is -2.32. The smallest absolute Gasteiger partial charge is 0.157 e. The maximum atomic E-state index is 11.7. The molecule has 90 valence electrons. The van der Waals surface area contributed by atoms with Gasteiger partial charge in [0, 0.05) is 6.04 Å². The van der Waals surface area contributed by atoms with Crippen molar-refractivity contribution in [2.75, 3.05) is 12.4 Å². The van der Waals surface area contributed by atoms with E-state index in [0.29, 0.717) is 0 Å². The minimum Gasteiger partial charge on any atom is -0.377 e. The van der Waals surface area contributed by atoms with Crippen molar-refractivity contribution in [3.8, 4) is 0 Å². The number of rotatable bonds is 4. The monoisotopic (exact) mass is 235 g/mol. The van der Waals surface area contributed by atoms with Crippen molar-refractivity contribution in [3.05, 3.63) is 0 Å². The van der Waals surface area contributed by atoms with Crippen molar-refractivity contribution in [1.82, 2.24) is 0 Å². The number of hydrogen-bond acceptors (Lipinski definition) is 4. The lowest BCUT2D eigenvalue weighted by Crippen LogP contribution is -2.42. The summed E-state index contributed by atoms with van der Waals surface area (Å²) < 4.78 is 28.1. The molecule has 0 aromatic rings. The molecule has 2 N–H and O–H groups in total. The lowest BCUT2D eigenvalue weighted by atomic mass is 9.90. The van der Waals surface area contributed by atoms with Gasteiger partial charge in [0.25, 0.3) is 0 Å². The van der Waals surface area contributed by atoms with E-state index in [1.54, 1.807) is 20.8 Å². The largest absolute Gasteiger partial charge is 0.377 e. The van der Waals surface area contributed by atoms with Crippen LogP contribution in [-0.2, 0) is 14.6 Å². The fourth-order valence-corrected chi connectivity index (χ4v) is 2.30. The van der Waals surface area contributed by atoms with Crippen molar-refractivity contribution in [3.63, 3.8) is 0 Å². The van der Waals surface area contributed by atoms with E-state index in [2.05, 4.69) is 0 Å². The van der Waals surface area contributed by atoms with Gasteiger partial charge in [0.1, 0.15) is 0 Å². The maximum absolute atomic E-state index is 11.7. The van der Waals surface area contributed by atoms with Crippen LogP contribution in [0.15, 0.2) is 0 Å². The molecule has 0 aromatic heterocycles. The van der Waals surface area contributed by atoms with E-state index in [1.165, 1.54) is 0 Å². The van der Waals surface area contributed by atoms with Gasteiger partial charge < -0.3 is 10.5 Å². The zero-order valence-corrected chi connectivity index (χ0v) is 10.5. The van der Waals surface area contributed by atoms with E-state index >= 15 is 0 Å². The Morgan fingerprint density at radius 1 is 1.33 bits per heavy atom. The molecule has 1 rings (SSSR count). The maximum Gasteiger partial charge on any atom is 0.157 e. The van der Waals surface area contributed by atoms with E-state index < -0.39 is 14.6 Å². The Balaban J connectivity index is 2.26. The Morgan fingerprint density at radius 3 is 2.27 bits per heavy atom. The topological polar surface area (TPSA) is 69.4 Å². The fourth-order valence-electron chi connectivity index (χ4n) is 1.37. The van der Waals surface area contributed by atoms with Crippen molar-refractivity contribution < 1.29 is 13.2 Å². The standard InChI is InChI=1S/C10H21NO3S/c1-10(2,3)15(12,13)5-4-14-9-6-8(11)7-9/h8-9H,4-7,11H2,1-3H3. The van der Waals surface area contributed by atoms with Crippen LogP contribution in [0.1, 0.15) is 33.6 Å². The van der Waals surface area contributed by atoms with E-state index in [1.807, 2.05) is 0 Å². The molecule has 0 heterocycles. The van der Waals surface area contributed by atoms with Crippen molar-refractivity contribution in [2.45, 2.75) is 50.5 Å². The van der Waals surface area contributed by atoms with Crippen LogP contribution in [0, 0.1) is 0 Å². The Hall–Kier alpha value is -0.130. The highest BCUT2D eigenvalue weighted by Gasteiger charge is 2.30. The molecule has 0 bridgehead atoms. The van der Waals surface area contributed by atoms with E-state index in [0.717, 1.165) is 12.8 Å². The van der Waals surface area contributed by atoms with Gasteiger partial charge >= 0.3 is 0 Å². The first-order chi connectivity index (χ1) is 6.72. The summed E-state index contributed by atoms with van der Waals surface area (Å²) in [7, 11) is -3.05. The van der Waals surface area contributed by atoms with Crippen LogP contribution in [0.4, 0.5) is 0 Å². The summed E-state index contributed by atoms with van der Waals surface area (Å²) in [6, 6.07) is 0.245. The average Bonchev–Trinajstić information content (AvgIpc) is 1.98. The quantitative estimate of drug-likeness (QED) is 0.779. The van der Waals surface area contributed by atoms with Gasteiger partial charge in [-0.2, -0.15) is 0 Å². The SMILES string of the molecule is CC(C)(C)S(=O)(=O)CCOC1CC(N)C1. The number of hydrogen-bond donors (Lipinski definition) is 1. The molecule has 15 heavy (non-hydrogen) atoms. The first-order valence-electron chi connectivity index (χ1n) is 5.32. The van der Waals surface area contributed by atoms with Gasteiger partial charge in [-0.15, -0.1) is 0 Å². The number of nitrogens with two attached hydrogens (primary N) is 1. The molecule has 1 saturated carbocycles. The zero-order valence-electron chi connectivity index (χ0n) is 9.69. The molecule has 5 heteroatoms. The van der Waals surface area contributed by atoms with Crippen LogP contribution in [0.3, 0.4) is 0 Å². The predicted molar refractivity (Wildman–Crippen MR) is 60.5 cm³/mol. The van der Waals surface area contributed by atoms with Crippen LogP contribution in [0.5, 0.6) is 0 Å². The molecule has 0 spiro atoms. The molecule has 1 aliphatic rings. The Labute approximate surface area is 92.1 Å². The first kappa shape index (κ1) is 12.9. The highest BCUT2D eigenvalue weighted by atomic mass is 32.2. The molecule has 0 unspecified atom stereocenters. The van der Waals surface area contributed by atoms with Crippen LogP contribution >= 0.6 is 0 Å². The molecule has 0 radical (unpaired) electrons. The van der Waals surface area contributed by atoms with Crippen LogP contribution in [0.25, 0.3) is 0 Å². The molecule has 4 nitrogen and oxygen atoms in total. The number of ether oxygens (including phenoxy) is 1. The molecule has 0 amide bonds. The first-order valence-corrected chi connectivity index (χ1v) is 6.97.